The van der Waals surface area contributed by atoms with Crippen molar-refractivity contribution in [3.8, 4) is 51.0 Å². The van der Waals surface area contributed by atoms with Crippen molar-refractivity contribution in [1.29, 1.82) is 5.26 Å². The third-order valence-corrected chi connectivity index (χ3v) is 10.2. The molecule has 0 radical (unpaired) electrons. The fourth-order valence-corrected chi connectivity index (χ4v) is 7.92. The lowest BCUT2D eigenvalue weighted by Crippen LogP contribution is -2.04. The summed E-state index contributed by atoms with van der Waals surface area (Å²) in [7, 11) is 0. The number of para-hydroxylation sites is 2. The minimum Gasteiger partial charge on any atom is -0.309 e. The topological polar surface area (TPSA) is 46.5 Å². The molecule has 7 aromatic carbocycles. The van der Waals surface area contributed by atoms with E-state index in [1.165, 1.54) is 16.7 Å². The van der Waals surface area contributed by atoms with Crippen LogP contribution in [0.2, 0.25) is 0 Å². The molecule has 0 saturated heterocycles. The number of benzene rings is 7. The van der Waals surface area contributed by atoms with Crippen molar-refractivity contribution in [2.75, 3.05) is 0 Å². The Balaban J connectivity index is 1.25. The first-order valence-corrected chi connectivity index (χ1v) is 17.4. The smallest absolute Gasteiger partial charge is 0.0999 e. The van der Waals surface area contributed by atoms with Gasteiger partial charge in [0.1, 0.15) is 0 Å². The zero-order valence-corrected chi connectivity index (χ0v) is 28.1. The predicted octanol–water partition coefficient (Wildman–Crippen LogP) is 12.1. The summed E-state index contributed by atoms with van der Waals surface area (Å²) in [6.07, 6.45) is 1.83. The summed E-state index contributed by atoms with van der Waals surface area (Å²) in [5.41, 5.74) is 12.9. The minimum absolute atomic E-state index is 0.566. The summed E-state index contributed by atoms with van der Waals surface area (Å²) in [5, 5.41) is 15.3. The zero-order valence-electron chi connectivity index (χ0n) is 28.1. The fourth-order valence-electron chi connectivity index (χ4n) is 7.92. The van der Waals surface area contributed by atoms with Gasteiger partial charge in [-0.2, -0.15) is 5.26 Å². The lowest BCUT2D eigenvalue weighted by atomic mass is 10.00. The fraction of sp³-hybridized carbons (Fsp3) is 0. The molecule has 0 amide bonds. The van der Waals surface area contributed by atoms with Gasteiger partial charge in [0.2, 0.25) is 0 Å². The Morgan fingerprint density at radius 1 is 0.404 bits per heavy atom. The first-order chi connectivity index (χ1) is 25.8. The van der Waals surface area contributed by atoms with Gasteiger partial charge in [-0.1, -0.05) is 115 Å². The van der Waals surface area contributed by atoms with Crippen LogP contribution in [-0.2, 0) is 0 Å². The Bertz CT molecular complexity index is 3020. The van der Waals surface area contributed by atoms with Gasteiger partial charge in [0.25, 0.3) is 0 Å². The third kappa shape index (κ3) is 4.57. The van der Waals surface area contributed by atoms with Crippen molar-refractivity contribution in [2.45, 2.75) is 0 Å². The molecule has 3 aromatic heterocycles. The molecule has 0 spiro atoms. The van der Waals surface area contributed by atoms with Gasteiger partial charge in [-0.25, -0.2) is 0 Å². The number of aromatic nitrogens is 3. The van der Waals surface area contributed by atoms with Crippen molar-refractivity contribution >= 4 is 43.6 Å². The van der Waals surface area contributed by atoms with E-state index in [9.17, 15) is 5.26 Å². The molecule has 0 bridgehead atoms. The van der Waals surface area contributed by atoms with Crippen LogP contribution in [0.5, 0.6) is 0 Å². The number of nitriles is 1. The predicted molar refractivity (Wildman–Crippen MR) is 214 cm³/mol. The van der Waals surface area contributed by atoms with Gasteiger partial charge in [0.05, 0.1) is 50.8 Å². The van der Waals surface area contributed by atoms with Gasteiger partial charge in [-0.3, -0.25) is 4.98 Å². The second-order valence-electron chi connectivity index (χ2n) is 13.1. The van der Waals surface area contributed by atoms with E-state index in [0.29, 0.717) is 5.56 Å². The summed E-state index contributed by atoms with van der Waals surface area (Å²) in [6, 6.07) is 64.1. The van der Waals surface area contributed by atoms with E-state index in [0.717, 1.165) is 71.8 Å². The highest BCUT2D eigenvalue weighted by atomic mass is 15.0. The van der Waals surface area contributed by atoms with Crippen LogP contribution in [0.15, 0.2) is 182 Å². The van der Waals surface area contributed by atoms with Crippen LogP contribution in [0.1, 0.15) is 5.56 Å². The summed E-state index contributed by atoms with van der Waals surface area (Å²) >= 11 is 0. The quantitative estimate of drug-likeness (QED) is 0.184. The van der Waals surface area contributed by atoms with Gasteiger partial charge in [-0.05, 0) is 82.9 Å². The second kappa shape index (κ2) is 12.0. The van der Waals surface area contributed by atoms with Crippen molar-refractivity contribution < 1.29 is 0 Å². The van der Waals surface area contributed by atoms with E-state index in [1.54, 1.807) is 0 Å². The molecule has 242 valence electrons. The highest BCUT2D eigenvalue weighted by Gasteiger charge is 2.23. The van der Waals surface area contributed by atoms with Gasteiger partial charge < -0.3 is 9.13 Å². The Labute approximate surface area is 300 Å². The number of hydrogen-bond donors (Lipinski definition) is 0. The van der Waals surface area contributed by atoms with E-state index in [-0.39, 0.29) is 0 Å². The molecule has 0 unspecified atom stereocenters. The monoisotopic (exact) mass is 662 g/mol. The summed E-state index contributed by atoms with van der Waals surface area (Å²) in [5.74, 6) is 0. The van der Waals surface area contributed by atoms with E-state index in [2.05, 4.69) is 161 Å². The molecular weight excluding hydrogens is 633 g/mol. The van der Waals surface area contributed by atoms with E-state index >= 15 is 0 Å². The van der Waals surface area contributed by atoms with Crippen LogP contribution in [0, 0.1) is 11.3 Å². The van der Waals surface area contributed by atoms with Gasteiger partial charge in [-0.15, -0.1) is 0 Å². The Morgan fingerprint density at radius 2 is 0.904 bits per heavy atom. The van der Waals surface area contributed by atoms with Crippen LogP contribution in [0.3, 0.4) is 0 Å². The van der Waals surface area contributed by atoms with Crippen LogP contribution >= 0.6 is 0 Å². The lowest BCUT2D eigenvalue weighted by Gasteiger charge is -2.18. The van der Waals surface area contributed by atoms with Crippen LogP contribution in [0.4, 0.5) is 0 Å². The molecule has 0 aliphatic heterocycles. The molecule has 0 N–H and O–H groups in total. The molecule has 0 fully saturated rings. The first kappa shape index (κ1) is 29.7. The molecule has 0 aliphatic carbocycles. The molecule has 4 nitrogen and oxygen atoms in total. The molecular formula is C48H30N4. The normalized spacial score (nSPS) is 11.4. The second-order valence-corrected chi connectivity index (χ2v) is 13.1. The molecule has 4 heteroatoms. The van der Waals surface area contributed by atoms with Crippen LogP contribution in [0.25, 0.3) is 88.5 Å². The SMILES string of the molecule is N#Cc1cccc(-n2c3ccccc3c3cc(-c4ccccc4)ccc32)c1-c1ncccc1-n1c2ccccc2c2cc(-c3ccccc3)ccc21. The molecule has 10 aromatic rings. The maximum atomic E-state index is 10.7. The molecule has 3 heterocycles. The van der Waals surface area contributed by atoms with Gasteiger partial charge in [0.15, 0.2) is 0 Å². The van der Waals surface area contributed by atoms with Gasteiger partial charge in [0, 0.05) is 33.3 Å². The number of pyridine rings is 1. The summed E-state index contributed by atoms with van der Waals surface area (Å²) < 4.78 is 4.60. The summed E-state index contributed by atoms with van der Waals surface area (Å²) in [6.45, 7) is 0. The van der Waals surface area contributed by atoms with E-state index < -0.39 is 0 Å². The van der Waals surface area contributed by atoms with Crippen molar-refractivity contribution in [1.82, 2.24) is 14.1 Å². The maximum Gasteiger partial charge on any atom is 0.0999 e. The molecule has 10 rings (SSSR count). The van der Waals surface area contributed by atoms with Crippen LogP contribution in [-0.4, -0.2) is 14.1 Å². The number of hydrogen-bond acceptors (Lipinski definition) is 2. The average Bonchev–Trinajstić information content (AvgIpc) is 3.73. The molecule has 0 saturated carbocycles. The zero-order chi connectivity index (χ0) is 34.6. The van der Waals surface area contributed by atoms with E-state index in [4.69, 9.17) is 4.98 Å². The van der Waals surface area contributed by atoms with Crippen molar-refractivity contribution in [3.63, 3.8) is 0 Å². The largest absolute Gasteiger partial charge is 0.309 e. The standard InChI is InChI=1S/C48H30N4/c49-31-36-17-11-22-45(51-41-20-9-7-18-37(41)39-29-34(24-26-43(39)51)32-13-3-1-4-14-32)47(36)48-46(23-12-28-50-48)52-42-21-10-8-19-38(42)40-30-35(25-27-44(40)52)33-15-5-2-6-16-33/h1-30H. The number of nitrogens with zero attached hydrogens (tertiary/aromatic N) is 4. The summed E-state index contributed by atoms with van der Waals surface area (Å²) in [4.78, 5) is 5.09. The highest BCUT2D eigenvalue weighted by Crippen LogP contribution is 2.42. The average molecular weight is 663 g/mol. The van der Waals surface area contributed by atoms with Crippen molar-refractivity contribution in [2.24, 2.45) is 0 Å². The maximum absolute atomic E-state index is 10.7. The Morgan fingerprint density at radius 3 is 1.48 bits per heavy atom. The molecule has 0 aliphatic rings. The number of rotatable bonds is 5. The first-order valence-electron chi connectivity index (χ1n) is 17.4. The molecule has 52 heavy (non-hydrogen) atoms. The lowest BCUT2D eigenvalue weighted by molar-refractivity contribution is 1.12. The van der Waals surface area contributed by atoms with E-state index in [1.807, 2.05) is 36.5 Å². The minimum atomic E-state index is 0.566. The van der Waals surface area contributed by atoms with Crippen LogP contribution < -0.4 is 0 Å². The molecule has 0 atom stereocenters. The Kier molecular flexibility index (Phi) is 6.84. The number of fused-ring (bicyclic) bond motifs is 6. The Hall–Kier alpha value is -7.22. The van der Waals surface area contributed by atoms with Crippen molar-refractivity contribution in [3.05, 3.63) is 188 Å². The third-order valence-electron chi connectivity index (χ3n) is 10.2. The highest BCUT2D eigenvalue weighted by molar-refractivity contribution is 6.12. The van der Waals surface area contributed by atoms with Gasteiger partial charge >= 0.3 is 0 Å².